The fraction of sp³-hybridized carbons (Fsp3) is 0.320. The summed E-state index contributed by atoms with van der Waals surface area (Å²) < 4.78 is 0. The third kappa shape index (κ3) is 3.26. The summed E-state index contributed by atoms with van der Waals surface area (Å²) in [6.07, 6.45) is 8.68. The maximum atomic E-state index is 11.2. The Morgan fingerprint density at radius 1 is 0.821 bits per heavy atom. The Morgan fingerprint density at radius 3 is 2.39 bits per heavy atom. The molecule has 0 atom stereocenters. The maximum Gasteiger partial charge on any atom is 0.224 e. The van der Waals surface area contributed by atoms with E-state index in [1.54, 1.807) is 0 Å². The minimum atomic E-state index is 0.163. The number of amides is 1. The second-order valence-corrected chi connectivity index (χ2v) is 8.04. The average molecular weight is 370 g/mol. The molecule has 0 radical (unpaired) electrons. The number of carbonyl (C=O) groups excluding carboxylic acids is 1. The summed E-state index contributed by atoms with van der Waals surface area (Å²) in [5.41, 5.74) is 9.61. The van der Waals surface area contributed by atoms with Crippen LogP contribution in [0, 0.1) is 0 Å². The first-order valence-electron chi connectivity index (χ1n) is 10.4. The molecule has 2 aliphatic heterocycles. The molecule has 1 amide bonds. The number of likely N-dealkylation sites (tertiary alicyclic amines) is 1. The number of allylic oxidation sites excluding steroid dienone is 3. The molecule has 0 saturated carbocycles. The molecule has 28 heavy (non-hydrogen) atoms. The molecule has 6 rings (SSSR count). The number of nitrogens with zero attached hydrogens (tertiary/aromatic N) is 1. The van der Waals surface area contributed by atoms with E-state index < -0.39 is 0 Å². The van der Waals surface area contributed by atoms with Gasteiger partial charge in [0.15, 0.2) is 0 Å². The van der Waals surface area contributed by atoms with Crippen molar-refractivity contribution in [1.29, 1.82) is 0 Å². The van der Waals surface area contributed by atoms with Crippen LogP contribution in [0.25, 0.3) is 11.6 Å². The Bertz CT molecular complexity index is 980. The SMILES string of the molecule is C1=C(N2CCCC2)Cc2ccccc21.O=C1CCC2=C(Cc3ccccc32)N1. The summed E-state index contributed by atoms with van der Waals surface area (Å²) in [5, 5.41) is 2.97. The number of benzene rings is 2. The minimum Gasteiger partial charge on any atom is -0.375 e. The molecule has 0 bridgehead atoms. The maximum absolute atomic E-state index is 11.2. The number of fused-ring (bicyclic) bond motifs is 3. The van der Waals surface area contributed by atoms with Crippen LogP contribution in [-0.2, 0) is 17.6 Å². The molecule has 1 fully saturated rings. The van der Waals surface area contributed by atoms with Crippen LogP contribution < -0.4 is 5.32 Å². The highest BCUT2D eigenvalue weighted by Gasteiger charge is 2.26. The molecule has 0 spiro atoms. The van der Waals surface area contributed by atoms with Gasteiger partial charge in [0, 0.05) is 43.7 Å². The summed E-state index contributed by atoms with van der Waals surface area (Å²) >= 11 is 0. The third-order valence-electron chi connectivity index (χ3n) is 6.23. The third-order valence-corrected chi connectivity index (χ3v) is 6.23. The number of hydrogen-bond acceptors (Lipinski definition) is 2. The van der Waals surface area contributed by atoms with Gasteiger partial charge in [0.1, 0.15) is 0 Å². The first-order chi connectivity index (χ1) is 13.8. The molecule has 2 aromatic rings. The summed E-state index contributed by atoms with van der Waals surface area (Å²) in [7, 11) is 0. The van der Waals surface area contributed by atoms with E-state index in [0.717, 1.165) is 25.0 Å². The molecule has 0 unspecified atom stereocenters. The van der Waals surface area contributed by atoms with E-state index in [0.29, 0.717) is 6.42 Å². The highest BCUT2D eigenvalue weighted by Crippen LogP contribution is 2.36. The summed E-state index contributed by atoms with van der Waals surface area (Å²) in [4.78, 5) is 13.8. The summed E-state index contributed by atoms with van der Waals surface area (Å²) in [5.74, 6) is 0.163. The van der Waals surface area contributed by atoms with Crippen molar-refractivity contribution in [3.8, 4) is 0 Å². The van der Waals surface area contributed by atoms with Crippen molar-refractivity contribution in [2.24, 2.45) is 0 Å². The highest BCUT2D eigenvalue weighted by molar-refractivity contribution is 5.89. The molecule has 4 aliphatic rings. The zero-order valence-electron chi connectivity index (χ0n) is 16.2. The Labute approximate surface area is 166 Å². The molecule has 3 nitrogen and oxygen atoms in total. The van der Waals surface area contributed by atoms with Gasteiger partial charge in [-0.3, -0.25) is 4.79 Å². The monoisotopic (exact) mass is 370 g/mol. The molecule has 2 heterocycles. The number of rotatable bonds is 1. The van der Waals surface area contributed by atoms with Crippen molar-refractivity contribution in [1.82, 2.24) is 10.2 Å². The minimum absolute atomic E-state index is 0.163. The van der Waals surface area contributed by atoms with Gasteiger partial charge in [-0.25, -0.2) is 0 Å². The van der Waals surface area contributed by atoms with Crippen molar-refractivity contribution >= 4 is 17.6 Å². The van der Waals surface area contributed by atoms with Gasteiger partial charge in [-0.15, -0.1) is 0 Å². The quantitative estimate of drug-likeness (QED) is 0.799. The number of carbonyl (C=O) groups is 1. The lowest BCUT2D eigenvalue weighted by Crippen LogP contribution is -2.26. The van der Waals surface area contributed by atoms with E-state index >= 15 is 0 Å². The van der Waals surface area contributed by atoms with E-state index in [1.165, 1.54) is 59.5 Å². The van der Waals surface area contributed by atoms with Gasteiger partial charge in [-0.1, -0.05) is 48.5 Å². The predicted octanol–water partition coefficient (Wildman–Crippen LogP) is 4.54. The van der Waals surface area contributed by atoms with E-state index in [-0.39, 0.29) is 5.91 Å². The van der Waals surface area contributed by atoms with Crippen molar-refractivity contribution in [3.63, 3.8) is 0 Å². The first-order valence-corrected chi connectivity index (χ1v) is 10.4. The van der Waals surface area contributed by atoms with Crippen LogP contribution in [0.3, 0.4) is 0 Å². The van der Waals surface area contributed by atoms with Crippen molar-refractivity contribution in [2.45, 2.75) is 38.5 Å². The number of hydrogen-bond donors (Lipinski definition) is 1. The Balaban J connectivity index is 0.000000122. The molecular weight excluding hydrogens is 344 g/mol. The highest BCUT2D eigenvalue weighted by atomic mass is 16.1. The lowest BCUT2D eigenvalue weighted by molar-refractivity contribution is -0.120. The molecular formula is C25H26N2O. The second kappa shape index (κ2) is 7.31. The van der Waals surface area contributed by atoms with Crippen LogP contribution in [-0.4, -0.2) is 23.9 Å². The van der Waals surface area contributed by atoms with Crippen molar-refractivity contribution < 1.29 is 4.79 Å². The fourth-order valence-electron chi connectivity index (χ4n) is 4.77. The fourth-order valence-corrected chi connectivity index (χ4v) is 4.77. The standard InChI is InChI=1S/C13H15N.C12H11NO/c1-2-6-12-10-13(9-11(12)5-1)14-7-3-4-8-14;14-12-6-5-10-9-4-2-1-3-8(9)7-11(10)13-12/h1-2,5-6,9H,3-4,7-8,10H2;1-4H,5-7H2,(H,13,14). The van der Waals surface area contributed by atoms with Crippen LogP contribution in [0.5, 0.6) is 0 Å². The molecule has 2 aromatic carbocycles. The van der Waals surface area contributed by atoms with Crippen LogP contribution >= 0.6 is 0 Å². The van der Waals surface area contributed by atoms with E-state index in [2.05, 4.69) is 64.8 Å². The first kappa shape index (κ1) is 17.3. The second-order valence-electron chi connectivity index (χ2n) is 8.04. The molecule has 2 aliphatic carbocycles. The average Bonchev–Trinajstić information content (AvgIpc) is 3.45. The molecule has 3 heteroatoms. The molecule has 142 valence electrons. The zero-order chi connectivity index (χ0) is 18.9. The smallest absolute Gasteiger partial charge is 0.224 e. The number of nitrogens with one attached hydrogen (secondary N) is 1. The Hall–Kier alpha value is -2.81. The van der Waals surface area contributed by atoms with Crippen LogP contribution in [0.4, 0.5) is 0 Å². The lowest BCUT2D eigenvalue weighted by Gasteiger charge is -2.18. The van der Waals surface area contributed by atoms with Gasteiger partial charge < -0.3 is 10.2 Å². The van der Waals surface area contributed by atoms with Crippen molar-refractivity contribution in [2.75, 3.05) is 13.1 Å². The Kier molecular flexibility index (Phi) is 4.52. The van der Waals surface area contributed by atoms with Gasteiger partial charge in [0.2, 0.25) is 5.91 Å². The van der Waals surface area contributed by atoms with Gasteiger partial charge in [-0.2, -0.15) is 0 Å². The van der Waals surface area contributed by atoms with E-state index in [4.69, 9.17) is 0 Å². The van der Waals surface area contributed by atoms with Crippen LogP contribution in [0.2, 0.25) is 0 Å². The summed E-state index contributed by atoms with van der Waals surface area (Å²) in [6, 6.07) is 17.1. The topological polar surface area (TPSA) is 32.3 Å². The molecule has 1 N–H and O–H groups in total. The predicted molar refractivity (Wildman–Crippen MR) is 113 cm³/mol. The Morgan fingerprint density at radius 2 is 1.57 bits per heavy atom. The van der Waals surface area contributed by atoms with Crippen LogP contribution in [0.15, 0.2) is 59.9 Å². The van der Waals surface area contributed by atoms with E-state index in [1.807, 2.05) is 0 Å². The van der Waals surface area contributed by atoms with Gasteiger partial charge in [0.25, 0.3) is 0 Å². The molecule has 1 saturated heterocycles. The normalized spacial score (nSPS) is 19.4. The summed E-state index contributed by atoms with van der Waals surface area (Å²) in [6.45, 7) is 2.53. The van der Waals surface area contributed by atoms with Gasteiger partial charge in [-0.05, 0) is 53.2 Å². The van der Waals surface area contributed by atoms with E-state index in [9.17, 15) is 4.79 Å². The van der Waals surface area contributed by atoms with Crippen LogP contribution in [0.1, 0.15) is 47.9 Å². The van der Waals surface area contributed by atoms with Gasteiger partial charge >= 0.3 is 0 Å². The van der Waals surface area contributed by atoms with Gasteiger partial charge in [0.05, 0.1) is 0 Å². The zero-order valence-corrected chi connectivity index (χ0v) is 16.2. The lowest BCUT2D eigenvalue weighted by atomic mass is 10.0. The largest absolute Gasteiger partial charge is 0.375 e. The van der Waals surface area contributed by atoms with Crippen molar-refractivity contribution in [3.05, 3.63) is 82.2 Å². The molecule has 0 aromatic heterocycles.